The van der Waals surface area contributed by atoms with Gasteiger partial charge in [0.1, 0.15) is 0 Å². The molecule has 0 fully saturated rings. The Morgan fingerprint density at radius 3 is 2.75 bits per heavy atom. The molecule has 88 valence electrons. The van der Waals surface area contributed by atoms with Crippen LogP contribution in [-0.2, 0) is 11.3 Å². The van der Waals surface area contributed by atoms with Crippen molar-refractivity contribution in [3.8, 4) is 0 Å². The molecule has 1 amide bonds. The van der Waals surface area contributed by atoms with Crippen LogP contribution >= 0.6 is 15.9 Å². The van der Waals surface area contributed by atoms with Crippen molar-refractivity contribution in [3.05, 3.63) is 33.8 Å². The largest absolute Gasteiger partial charge is 0.358 e. The summed E-state index contributed by atoms with van der Waals surface area (Å²) in [4.78, 5) is 11.3. The molecule has 1 aromatic rings. The van der Waals surface area contributed by atoms with Gasteiger partial charge in [-0.3, -0.25) is 4.79 Å². The van der Waals surface area contributed by atoms with Gasteiger partial charge in [0, 0.05) is 18.1 Å². The predicted octanol–water partition coefficient (Wildman–Crippen LogP) is 1.98. The fourth-order valence-corrected chi connectivity index (χ4v) is 1.75. The molecule has 2 N–H and O–H groups in total. The molecule has 0 bridgehead atoms. The molecule has 0 radical (unpaired) electrons. The quantitative estimate of drug-likeness (QED) is 0.888. The number of amides is 1. The molecular formula is C12H17BrN2O. The predicted molar refractivity (Wildman–Crippen MR) is 69.2 cm³/mol. The van der Waals surface area contributed by atoms with E-state index >= 15 is 0 Å². The number of aryl methyl sites for hydroxylation is 1. The Balaban J connectivity index is 2.55. The molecule has 0 spiro atoms. The van der Waals surface area contributed by atoms with Crippen LogP contribution in [0.25, 0.3) is 0 Å². The first-order valence-corrected chi connectivity index (χ1v) is 6.04. The summed E-state index contributed by atoms with van der Waals surface area (Å²) in [6, 6.07) is 6.01. The summed E-state index contributed by atoms with van der Waals surface area (Å²) in [5.74, 6) is 0.00572. The smallest absolute Gasteiger partial charge is 0.236 e. The topological polar surface area (TPSA) is 41.1 Å². The highest BCUT2D eigenvalue weighted by Gasteiger charge is 2.09. The van der Waals surface area contributed by atoms with Crippen molar-refractivity contribution < 1.29 is 4.79 Å². The molecule has 3 nitrogen and oxygen atoms in total. The van der Waals surface area contributed by atoms with Gasteiger partial charge in [-0.1, -0.05) is 28.1 Å². The van der Waals surface area contributed by atoms with E-state index in [9.17, 15) is 4.79 Å². The lowest BCUT2D eigenvalue weighted by Gasteiger charge is -2.12. The maximum atomic E-state index is 11.3. The third-order valence-corrected chi connectivity index (χ3v) is 3.34. The second-order valence-corrected chi connectivity index (χ2v) is 4.65. The zero-order valence-corrected chi connectivity index (χ0v) is 11.4. The summed E-state index contributed by atoms with van der Waals surface area (Å²) in [5.41, 5.74) is 2.37. The standard InChI is InChI=1S/C12H17BrN2O/c1-8-4-5-10(6-11(8)13)7-15-9(2)12(16)14-3/h4-6,9,15H,7H2,1-3H3,(H,14,16)/t9-/m1/s1. The summed E-state index contributed by atoms with van der Waals surface area (Å²) >= 11 is 3.49. The van der Waals surface area contributed by atoms with Crippen molar-refractivity contribution in [3.63, 3.8) is 0 Å². The van der Waals surface area contributed by atoms with Crippen LogP contribution in [0.1, 0.15) is 18.1 Å². The highest BCUT2D eigenvalue weighted by molar-refractivity contribution is 9.10. The van der Waals surface area contributed by atoms with Crippen molar-refractivity contribution in [1.29, 1.82) is 0 Å². The van der Waals surface area contributed by atoms with Crippen LogP contribution in [0.5, 0.6) is 0 Å². The molecular weight excluding hydrogens is 268 g/mol. The van der Waals surface area contributed by atoms with Crippen molar-refractivity contribution in [1.82, 2.24) is 10.6 Å². The summed E-state index contributed by atoms with van der Waals surface area (Å²) in [6.07, 6.45) is 0. The molecule has 16 heavy (non-hydrogen) atoms. The van der Waals surface area contributed by atoms with Gasteiger partial charge in [0.15, 0.2) is 0 Å². The molecule has 0 saturated heterocycles. The van der Waals surface area contributed by atoms with Crippen molar-refractivity contribution in [2.45, 2.75) is 26.4 Å². The van der Waals surface area contributed by atoms with Gasteiger partial charge in [-0.15, -0.1) is 0 Å². The normalized spacial score (nSPS) is 12.2. The Kier molecular flexibility index (Phi) is 4.96. The van der Waals surface area contributed by atoms with Crippen LogP contribution in [0.2, 0.25) is 0 Å². The Morgan fingerprint density at radius 1 is 1.50 bits per heavy atom. The number of halogens is 1. The third kappa shape index (κ3) is 3.61. The van der Waals surface area contributed by atoms with Crippen LogP contribution in [0.15, 0.2) is 22.7 Å². The number of rotatable bonds is 4. The minimum atomic E-state index is -0.176. The highest BCUT2D eigenvalue weighted by Crippen LogP contribution is 2.17. The van der Waals surface area contributed by atoms with E-state index in [-0.39, 0.29) is 11.9 Å². The van der Waals surface area contributed by atoms with Crippen molar-refractivity contribution in [2.75, 3.05) is 7.05 Å². The number of carbonyl (C=O) groups is 1. The highest BCUT2D eigenvalue weighted by atomic mass is 79.9. The zero-order chi connectivity index (χ0) is 12.1. The maximum absolute atomic E-state index is 11.3. The monoisotopic (exact) mass is 284 g/mol. The zero-order valence-electron chi connectivity index (χ0n) is 9.80. The molecule has 0 saturated carbocycles. The van der Waals surface area contributed by atoms with Gasteiger partial charge in [-0.25, -0.2) is 0 Å². The van der Waals surface area contributed by atoms with Crippen LogP contribution in [-0.4, -0.2) is 19.0 Å². The molecule has 4 heteroatoms. The molecule has 1 aromatic carbocycles. The first kappa shape index (κ1) is 13.2. The molecule has 0 heterocycles. The van der Waals surface area contributed by atoms with E-state index in [0.717, 1.165) is 10.0 Å². The van der Waals surface area contributed by atoms with Gasteiger partial charge in [0.05, 0.1) is 6.04 Å². The van der Waals surface area contributed by atoms with Crippen molar-refractivity contribution in [2.24, 2.45) is 0 Å². The van der Waals surface area contributed by atoms with Crippen LogP contribution in [0, 0.1) is 6.92 Å². The minimum absolute atomic E-state index is 0.00572. The molecule has 1 atom stereocenters. The number of nitrogens with one attached hydrogen (secondary N) is 2. The van der Waals surface area contributed by atoms with Crippen LogP contribution < -0.4 is 10.6 Å². The summed E-state index contributed by atoms with van der Waals surface area (Å²) in [6.45, 7) is 4.59. The molecule has 0 aliphatic heterocycles. The fraction of sp³-hybridized carbons (Fsp3) is 0.417. The lowest BCUT2D eigenvalue weighted by molar-refractivity contribution is -0.122. The molecule has 0 unspecified atom stereocenters. The fourth-order valence-electron chi connectivity index (χ4n) is 1.33. The molecule has 0 aliphatic carbocycles. The lowest BCUT2D eigenvalue weighted by Crippen LogP contribution is -2.40. The van der Waals surface area contributed by atoms with Crippen LogP contribution in [0.4, 0.5) is 0 Å². The Morgan fingerprint density at radius 2 is 2.19 bits per heavy atom. The minimum Gasteiger partial charge on any atom is -0.358 e. The second kappa shape index (κ2) is 6.01. The average molecular weight is 285 g/mol. The SMILES string of the molecule is CNC(=O)[C@@H](C)NCc1ccc(C)c(Br)c1. The van der Waals surface area contributed by atoms with E-state index in [4.69, 9.17) is 0 Å². The number of hydrogen-bond donors (Lipinski definition) is 2. The molecule has 1 rings (SSSR count). The van der Waals surface area contributed by atoms with Crippen molar-refractivity contribution >= 4 is 21.8 Å². The van der Waals surface area contributed by atoms with Gasteiger partial charge in [-0.2, -0.15) is 0 Å². The Bertz CT molecular complexity index is 379. The van der Waals surface area contributed by atoms with E-state index < -0.39 is 0 Å². The van der Waals surface area contributed by atoms with E-state index in [2.05, 4.69) is 51.7 Å². The first-order chi connectivity index (χ1) is 7.54. The maximum Gasteiger partial charge on any atom is 0.236 e. The third-order valence-electron chi connectivity index (χ3n) is 2.49. The first-order valence-electron chi connectivity index (χ1n) is 5.24. The average Bonchev–Trinajstić information content (AvgIpc) is 2.29. The Labute approximate surface area is 105 Å². The van der Waals surface area contributed by atoms with Gasteiger partial charge in [0.25, 0.3) is 0 Å². The number of likely N-dealkylation sites (N-methyl/N-ethyl adjacent to an activating group) is 1. The van der Waals surface area contributed by atoms with Gasteiger partial charge >= 0.3 is 0 Å². The Hall–Kier alpha value is -0.870. The number of carbonyl (C=O) groups excluding carboxylic acids is 1. The van der Waals surface area contributed by atoms with Gasteiger partial charge in [0.2, 0.25) is 5.91 Å². The lowest BCUT2D eigenvalue weighted by atomic mass is 10.1. The second-order valence-electron chi connectivity index (χ2n) is 3.80. The molecule has 0 aromatic heterocycles. The van der Waals surface area contributed by atoms with Crippen LogP contribution in [0.3, 0.4) is 0 Å². The van der Waals surface area contributed by atoms with E-state index in [0.29, 0.717) is 6.54 Å². The summed E-state index contributed by atoms with van der Waals surface area (Å²) in [7, 11) is 1.64. The number of benzene rings is 1. The van der Waals surface area contributed by atoms with Gasteiger partial charge in [-0.05, 0) is 31.0 Å². The van der Waals surface area contributed by atoms with E-state index in [1.165, 1.54) is 5.56 Å². The van der Waals surface area contributed by atoms with E-state index in [1.54, 1.807) is 7.05 Å². The summed E-state index contributed by atoms with van der Waals surface area (Å²) in [5, 5.41) is 5.77. The van der Waals surface area contributed by atoms with Gasteiger partial charge < -0.3 is 10.6 Å². The molecule has 0 aliphatic rings. The summed E-state index contributed by atoms with van der Waals surface area (Å²) < 4.78 is 1.10. The number of hydrogen-bond acceptors (Lipinski definition) is 2. The van der Waals surface area contributed by atoms with E-state index in [1.807, 2.05) is 6.92 Å².